The number of carbonyl (C=O) groups excluding carboxylic acids is 3. The Balaban J connectivity index is 1.67. The summed E-state index contributed by atoms with van der Waals surface area (Å²) in [4.78, 5) is 44.7. The summed E-state index contributed by atoms with van der Waals surface area (Å²) in [5, 5.41) is 5.65. The molecule has 8 N–H and O–H groups in total. The van der Waals surface area contributed by atoms with E-state index in [0.717, 1.165) is 11.1 Å². The summed E-state index contributed by atoms with van der Waals surface area (Å²) in [6, 6.07) is 20.3. The number of nitrogens with zero attached hydrogens (tertiary/aromatic N) is 2. The van der Waals surface area contributed by atoms with Crippen LogP contribution in [0.4, 0.5) is 0 Å². The zero-order valence-electron chi connectivity index (χ0n) is 23.1. The van der Waals surface area contributed by atoms with Gasteiger partial charge in [0, 0.05) is 50.6 Å². The lowest BCUT2D eigenvalue weighted by Gasteiger charge is -2.24. The molecule has 0 unspecified atom stereocenters. The fraction of sp³-hybridized carbons (Fsp3) is 0.333. The molecule has 2 atom stereocenters. The monoisotopic (exact) mass is 561 g/mol. The normalized spacial score (nSPS) is 12.2. The van der Waals surface area contributed by atoms with Gasteiger partial charge in [-0.25, -0.2) is 4.98 Å². The molecule has 2 aromatic carbocycles. The molecule has 11 heteroatoms. The van der Waals surface area contributed by atoms with Crippen molar-refractivity contribution in [1.29, 1.82) is 0 Å². The standard InChI is InChI=1S/C30H39N7O4/c31-15-18-37(19-16-32)28(38)20-24(33)29(39)36-25(14-13-22-8-2-1-3-9-22)30(40)35-21-23-10-4-5-11-26(23)41-27-12-6-7-17-34-27/h1-12,17,24-25H,13-16,18-21,31-33H2,(H,35,40)(H,36,39)/t24-,25-/m0/s1. The van der Waals surface area contributed by atoms with E-state index in [9.17, 15) is 14.4 Å². The lowest BCUT2D eigenvalue weighted by atomic mass is 10.0. The number of aryl methyl sites for hydroxylation is 1. The van der Waals surface area contributed by atoms with E-state index in [1.54, 1.807) is 24.4 Å². The Morgan fingerprint density at radius 3 is 2.24 bits per heavy atom. The third-order valence-electron chi connectivity index (χ3n) is 6.36. The molecule has 0 fully saturated rings. The fourth-order valence-corrected chi connectivity index (χ4v) is 4.16. The molecule has 0 aliphatic rings. The van der Waals surface area contributed by atoms with Crippen LogP contribution in [0.3, 0.4) is 0 Å². The van der Waals surface area contributed by atoms with E-state index in [1.165, 1.54) is 4.90 Å². The molecule has 1 aromatic heterocycles. The van der Waals surface area contributed by atoms with Crippen molar-refractivity contribution in [1.82, 2.24) is 20.5 Å². The molecule has 0 saturated carbocycles. The number of benzene rings is 2. The highest BCUT2D eigenvalue weighted by molar-refractivity contribution is 5.92. The third-order valence-corrected chi connectivity index (χ3v) is 6.36. The van der Waals surface area contributed by atoms with Crippen molar-refractivity contribution in [2.45, 2.75) is 37.9 Å². The van der Waals surface area contributed by atoms with Gasteiger partial charge in [-0.2, -0.15) is 0 Å². The van der Waals surface area contributed by atoms with E-state index in [1.807, 2.05) is 54.6 Å². The Morgan fingerprint density at radius 1 is 0.878 bits per heavy atom. The van der Waals surface area contributed by atoms with Crippen molar-refractivity contribution in [3.63, 3.8) is 0 Å². The first-order valence-electron chi connectivity index (χ1n) is 13.6. The minimum atomic E-state index is -1.14. The van der Waals surface area contributed by atoms with E-state index in [0.29, 0.717) is 37.6 Å². The topological polar surface area (TPSA) is 179 Å². The van der Waals surface area contributed by atoms with Crippen LogP contribution in [0.1, 0.15) is 24.0 Å². The average molecular weight is 562 g/mol. The second-order valence-electron chi connectivity index (χ2n) is 9.45. The molecule has 0 bridgehead atoms. The molecular formula is C30H39N7O4. The van der Waals surface area contributed by atoms with Crippen molar-refractivity contribution >= 4 is 17.7 Å². The first kappa shape index (κ1) is 31.2. The largest absolute Gasteiger partial charge is 0.439 e. The number of ether oxygens (including phenoxy) is 1. The van der Waals surface area contributed by atoms with Crippen molar-refractivity contribution in [2.24, 2.45) is 17.2 Å². The van der Waals surface area contributed by atoms with Crippen LogP contribution in [0.15, 0.2) is 79.0 Å². The summed E-state index contributed by atoms with van der Waals surface area (Å²) in [6.07, 6.45) is 2.29. The Morgan fingerprint density at radius 2 is 1.56 bits per heavy atom. The maximum Gasteiger partial charge on any atom is 0.242 e. The molecular weight excluding hydrogens is 522 g/mol. The summed E-state index contributed by atoms with van der Waals surface area (Å²) in [5.74, 6) is -0.312. The molecule has 3 amide bonds. The Labute approximate surface area is 240 Å². The smallest absolute Gasteiger partial charge is 0.242 e. The van der Waals surface area contributed by atoms with Crippen LogP contribution < -0.4 is 32.6 Å². The van der Waals surface area contributed by atoms with Crippen molar-refractivity contribution in [3.8, 4) is 11.6 Å². The van der Waals surface area contributed by atoms with Gasteiger partial charge in [-0.3, -0.25) is 14.4 Å². The van der Waals surface area contributed by atoms with E-state index < -0.39 is 18.0 Å². The number of aromatic nitrogens is 1. The number of nitrogens with two attached hydrogens (primary N) is 3. The van der Waals surface area contributed by atoms with Crippen LogP contribution in [0.25, 0.3) is 0 Å². The maximum atomic E-state index is 13.3. The maximum absolute atomic E-state index is 13.3. The highest BCUT2D eigenvalue weighted by Crippen LogP contribution is 2.23. The predicted octanol–water partition coefficient (Wildman–Crippen LogP) is 1.07. The summed E-state index contributed by atoms with van der Waals surface area (Å²) >= 11 is 0. The van der Waals surface area contributed by atoms with E-state index in [-0.39, 0.29) is 37.9 Å². The number of amides is 3. The van der Waals surface area contributed by atoms with Crippen LogP contribution >= 0.6 is 0 Å². The minimum absolute atomic E-state index is 0.164. The van der Waals surface area contributed by atoms with Crippen LogP contribution in [-0.4, -0.2) is 65.9 Å². The van der Waals surface area contributed by atoms with Crippen molar-refractivity contribution in [2.75, 3.05) is 26.2 Å². The van der Waals surface area contributed by atoms with Crippen LogP contribution in [-0.2, 0) is 27.3 Å². The molecule has 1 heterocycles. The second-order valence-corrected chi connectivity index (χ2v) is 9.45. The summed E-state index contributed by atoms with van der Waals surface area (Å²) in [6.45, 7) is 1.34. The molecule has 11 nitrogen and oxygen atoms in total. The fourth-order valence-electron chi connectivity index (χ4n) is 4.16. The lowest BCUT2D eigenvalue weighted by molar-refractivity contribution is -0.135. The van der Waals surface area contributed by atoms with Gasteiger partial charge in [0.1, 0.15) is 11.8 Å². The Kier molecular flexibility index (Phi) is 12.7. The van der Waals surface area contributed by atoms with E-state index in [4.69, 9.17) is 21.9 Å². The zero-order chi connectivity index (χ0) is 29.5. The van der Waals surface area contributed by atoms with Crippen LogP contribution in [0.5, 0.6) is 11.6 Å². The number of pyridine rings is 1. The van der Waals surface area contributed by atoms with Gasteiger partial charge in [0.05, 0.1) is 12.5 Å². The minimum Gasteiger partial charge on any atom is -0.439 e. The van der Waals surface area contributed by atoms with E-state index >= 15 is 0 Å². The highest BCUT2D eigenvalue weighted by Gasteiger charge is 2.26. The van der Waals surface area contributed by atoms with Gasteiger partial charge in [-0.05, 0) is 30.5 Å². The summed E-state index contributed by atoms with van der Waals surface area (Å²) in [5.41, 5.74) is 19.0. The van der Waals surface area contributed by atoms with Gasteiger partial charge in [-0.1, -0.05) is 54.6 Å². The van der Waals surface area contributed by atoms with E-state index in [2.05, 4.69) is 15.6 Å². The Bertz CT molecular complexity index is 1240. The summed E-state index contributed by atoms with van der Waals surface area (Å²) < 4.78 is 5.89. The first-order chi connectivity index (χ1) is 19.9. The molecule has 0 aliphatic carbocycles. The molecule has 3 rings (SSSR count). The zero-order valence-corrected chi connectivity index (χ0v) is 23.1. The third kappa shape index (κ3) is 10.3. The number of rotatable bonds is 16. The summed E-state index contributed by atoms with van der Waals surface area (Å²) in [7, 11) is 0. The SMILES string of the molecule is NCCN(CCN)C(=O)C[C@H](N)C(=O)N[C@@H](CCc1ccccc1)C(=O)NCc1ccccc1Oc1ccccn1. The molecule has 218 valence electrons. The van der Waals surface area contributed by atoms with Gasteiger partial charge in [-0.15, -0.1) is 0 Å². The number of carbonyl (C=O) groups is 3. The van der Waals surface area contributed by atoms with Gasteiger partial charge in [0.2, 0.25) is 23.6 Å². The molecule has 0 aliphatic heterocycles. The quantitative estimate of drug-likeness (QED) is 0.172. The average Bonchev–Trinajstić information content (AvgIpc) is 2.99. The van der Waals surface area contributed by atoms with Crippen LogP contribution in [0.2, 0.25) is 0 Å². The number of hydrogen-bond donors (Lipinski definition) is 5. The van der Waals surface area contributed by atoms with Gasteiger partial charge in [0.25, 0.3) is 0 Å². The van der Waals surface area contributed by atoms with Crippen LogP contribution in [0, 0.1) is 0 Å². The molecule has 0 spiro atoms. The van der Waals surface area contributed by atoms with Gasteiger partial charge in [0.15, 0.2) is 0 Å². The lowest BCUT2D eigenvalue weighted by Crippen LogP contribution is -2.53. The number of hydrogen-bond acceptors (Lipinski definition) is 8. The molecule has 0 saturated heterocycles. The first-order valence-corrected chi connectivity index (χ1v) is 13.6. The van der Waals surface area contributed by atoms with Crippen molar-refractivity contribution < 1.29 is 19.1 Å². The highest BCUT2D eigenvalue weighted by atomic mass is 16.5. The second kappa shape index (κ2) is 16.7. The number of nitrogens with one attached hydrogen (secondary N) is 2. The van der Waals surface area contributed by atoms with Crippen molar-refractivity contribution in [3.05, 3.63) is 90.1 Å². The molecule has 3 aromatic rings. The molecule has 0 radical (unpaired) electrons. The van der Waals surface area contributed by atoms with Gasteiger partial charge >= 0.3 is 0 Å². The van der Waals surface area contributed by atoms with Gasteiger partial charge < -0.3 is 37.5 Å². The predicted molar refractivity (Wildman–Crippen MR) is 157 cm³/mol. The number of para-hydroxylation sites is 1. The molecule has 41 heavy (non-hydrogen) atoms. The Hall–Kier alpha value is -4.32.